The maximum Gasteiger partial charge on any atom is 0.278 e. The van der Waals surface area contributed by atoms with Crippen molar-refractivity contribution in [2.24, 2.45) is 11.1 Å². The van der Waals surface area contributed by atoms with Gasteiger partial charge in [0.25, 0.3) is 5.91 Å². The minimum Gasteiger partial charge on any atom is -0.493 e. The lowest BCUT2D eigenvalue weighted by atomic mass is 9.94. The van der Waals surface area contributed by atoms with Crippen molar-refractivity contribution < 1.29 is 23.9 Å². The summed E-state index contributed by atoms with van der Waals surface area (Å²) in [7, 11) is 3.05. The molecule has 0 unspecified atom stereocenters. The van der Waals surface area contributed by atoms with Crippen LogP contribution in [0.25, 0.3) is 0 Å². The zero-order valence-electron chi connectivity index (χ0n) is 14.5. The predicted octanol–water partition coefficient (Wildman–Crippen LogP) is 2.65. The summed E-state index contributed by atoms with van der Waals surface area (Å²) >= 11 is 5.89. The predicted molar refractivity (Wildman–Crippen MR) is 98.4 cm³/mol. The van der Waals surface area contributed by atoms with E-state index in [1.807, 2.05) is 0 Å². The topological polar surface area (TPSA) is 77.4 Å². The van der Waals surface area contributed by atoms with Crippen LogP contribution in [0.1, 0.15) is 5.56 Å². The number of methoxy groups -OCH3 is 2. The van der Waals surface area contributed by atoms with Crippen molar-refractivity contribution in [1.29, 1.82) is 0 Å². The largest absolute Gasteiger partial charge is 0.493 e. The van der Waals surface area contributed by atoms with Gasteiger partial charge < -0.3 is 14.3 Å². The monoisotopic (exact) mass is 386 g/mol. The van der Waals surface area contributed by atoms with Gasteiger partial charge in [0.15, 0.2) is 11.5 Å². The van der Waals surface area contributed by atoms with E-state index >= 15 is 0 Å². The average molecular weight is 387 g/mol. The average Bonchev–Trinajstić information content (AvgIpc) is 3.23. The Bertz CT molecular complexity index is 957. The van der Waals surface area contributed by atoms with E-state index in [1.54, 1.807) is 42.5 Å². The molecule has 2 aliphatic heterocycles. The normalized spacial score (nSPS) is 21.0. The van der Waals surface area contributed by atoms with Gasteiger partial charge in [0, 0.05) is 10.6 Å². The zero-order chi connectivity index (χ0) is 19.1. The molecule has 1 fully saturated rings. The molecule has 0 spiro atoms. The molecule has 138 valence electrons. The molecule has 1 saturated heterocycles. The van der Waals surface area contributed by atoms with Crippen LogP contribution >= 0.6 is 11.6 Å². The first-order valence-corrected chi connectivity index (χ1v) is 8.52. The van der Waals surface area contributed by atoms with Crippen molar-refractivity contribution in [2.45, 2.75) is 6.10 Å². The Labute approximate surface area is 160 Å². The minimum absolute atomic E-state index is 0.385. The summed E-state index contributed by atoms with van der Waals surface area (Å²) in [5.41, 5.74) is 1.45. The lowest BCUT2D eigenvalue weighted by Crippen LogP contribution is -2.33. The van der Waals surface area contributed by atoms with Crippen molar-refractivity contribution in [3.63, 3.8) is 0 Å². The van der Waals surface area contributed by atoms with Crippen molar-refractivity contribution >= 4 is 34.8 Å². The Morgan fingerprint density at radius 2 is 1.70 bits per heavy atom. The smallest absolute Gasteiger partial charge is 0.278 e. The van der Waals surface area contributed by atoms with Crippen molar-refractivity contribution in [3.8, 4) is 11.5 Å². The number of amides is 2. The fourth-order valence-corrected chi connectivity index (χ4v) is 3.38. The van der Waals surface area contributed by atoms with E-state index in [4.69, 9.17) is 25.9 Å². The number of carbonyl (C=O) groups is 2. The molecule has 2 amide bonds. The Morgan fingerprint density at radius 3 is 2.37 bits per heavy atom. The molecule has 0 radical (unpaired) electrons. The van der Waals surface area contributed by atoms with E-state index in [1.165, 1.54) is 14.2 Å². The number of ether oxygens (including phenoxy) is 2. The van der Waals surface area contributed by atoms with E-state index in [0.717, 1.165) is 4.90 Å². The molecule has 27 heavy (non-hydrogen) atoms. The number of hydrogen-bond donors (Lipinski definition) is 0. The van der Waals surface area contributed by atoms with Crippen LogP contribution in [0.15, 0.2) is 47.6 Å². The lowest BCUT2D eigenvalue weighted by molar-refractivity contribution is -0.126. The second kappa shape index (κ2) is 6.59. The van der Waals surface area contributed by atoms with Crippen LogP contribution in [-0.2, 0) is 14.4 Å². The van der Waals surface area contributed by atoms with E-state index < -0.39 is 23.8 Å². The molecule has 2 atom stereocenters. The summed E-state index contributed by atoms with van der Waals surface area (Å²) in [5, 5.41) is 4.51. The van der Waals surface area contributed by atoms with Crippen LogP contribution in [0, 0.1) is 5.92 Å². The number of oxime groups is 1. The number of anilines is 1. The van der Waals surface area contributed by atoms with E-state index in [2.05, 4.69) is 5.16 Å². The molecule has 0 bridgehead atoms. The van der Waals surface area contributed by atoms with Gasteiger partial charge in [0.05, 0.1) is 19.9 Å². The van der Waals surface area contributed by atoms with Gasteiger partial charge in [0.1, 0.15) is 11.6 Å². The Morgan fingerprint density at radius 1 is 1.00 bits per heavy atom. The highest BCUT2D eigenvalue weighted by atomic mass is 35.5. The third-order valence-electron chi connectivity index (χ3n) is 4.58. The second-order valence-electron chi connectivity index (χ2n) is 6.04. The maximum atomic E-state index is 13.0. The molecule has 0 aromatic heterocycles. The van der Waals surface area contributed by atoms with Crippen LogP contribution in [-0.4, -0.2) is 37.8 Å². The first-order chi connectivity index (χ1) is 13.0. The van der Waals surface area contributed by atoms with Gasteiger partial charge in [-0.15, -0.1) is 0 Å². The molecular formula is C19H15ClN2O5. The summed E-state index contributed by atoms with van der Waals surface area (Å²) in [5.74, 6) is -0.613. The molecule has 2 aromatic carbocycles. The molecule has 2 aliphatic rings. The van der Waals surface area contributed by atoms with Crippen LogP contribution in [0.3, 0.4) is 0 Å². The number of halogens is 1. The lowest BCUT2D eigenvalue weighted by Gasteiger charge is -2.15. The van der Waals surface area contributed by atoms with E-state index in [-0.39, 0.29) is 0 Å². The molecule has 8 heteroatoms. The van der Waals surface area contributed by atoms with Crippen LogP contribution in [0.4, 0.5) is 5.69 Å². The van der Waals surface area contributed by atoms with Gasteiger partial charge >= 0.3 is 0 Å². The van der Waals surface area contributed by atoms with Crippen molar-refractivity contribution in [3.05, 3.63) is 53.1 Å². The third kappa shape index (κ3) is 2.71. The number of imide groups is 1. The number of carbonyl (C=O) groups excluding carboxylic acids is 2. The number of benzene rings is 2. The van der Waals surface area contributed by atoms with Gasteiger partial charge in [-0.2, -0.15) is 0 Å². The Kier molecular flexibility index (Phi) is 4.24. The number of hydrogen-bond acceptors (Lipinski definition) is 6. The number of nitrogens with zero attached hydrogens (tertiary/aromatic N) is 2. The quantitative estimate of drug-likeness (QED) is 0.755. The van der Waals surface area contributed by atoms with Gasteiger partial charge in [0.2, 0.25) is 12.0 Å². The Hall–Kier alpha value is -3.06. The van der Waals surface area contributed by atoms with Crippen LogP contribution in [0.5, 0.6) is 11.5 Å². The maximum absolute atomic E-state index is 13.0. The molecule has 0 N–H and O–H groups in total. The summed E-state index contributed by atoms with van der Waals surface area (Å²) in [6.45, 7) is 0. The summed E-state index contributed by atoms with van der Waals surface area (Å²) in [4.78, 5) is 32.1. The summed E-state index contributed by atoms with van der Waals surface area (Å²) in [6.07, 6.45) is -0.976. The molecule has 0 aliphatic carbocycles. The minimum atomic E-state index is -0.976. The van der Waals surface area contributed by atoms with Gasteiger partial charge in [-0.1, -0.05) is 16.8 Å². The van der Waals surface area contributed by atoms with Crippen molar-refractivity contribution in [2.75, 3.05) is 19.1 Å². The standard InChI is InChI=1S/C19H15ClN2O5/c1-25-13-8-3-10(9-14(13)26-2)16-15-17(27-21-16)19(24)22(18(15)23)12-6-4-11(20)5-7-12/h3-9,15,17H,1-2H3/t15-,17-/m0/s1. The first-order valence-electron chi connectivity index (χ1n) is 8.14. The fraction of sp³-hybridized carbons (Fsp3) is 0.211. The van der Waals surface area contributed by atoms with Gasteiger partial charge in [-0.05, 0) is 42.5 Å². The van der Waals surface area contributed by atoms with Crippen LogP contribution in [0.2, 0.25) is 5.02 Å². The van der Waals surface area contributed by atoms with E-state index in [0.29, 0.717) is 33.5 Å². The highest BCUT2D eigenvalue weighted by Crippen LogP contribution is 2.37. The van der Waals surface area contributed by atoms with E-state index in [9.17, 15) is 9.59 Å². The molecule has 7 nitrogen and oxygen atoms in total. The van der Waals surface area contributed by atoms with Crippen LogP contribution < -0.4 is 14.4 Å². The zero-order valence-corrected chi connectivity index (χ0v) is 15.3. The molecule has 0 saturated carbocycles. The molecule has 2 aromatic rings. The highest BCUT2D eigenvalue weighted by molar-refractivity contribution is 6.33. The molecule has 4 rings (SSSR count). The Balaban J connectivity index is 1.69. The SMILES string of the molecule is COc1ccc(C2=NO[C@@H]3C(=O)N(c4ccc(Cl)cc4)C(=O)[C@@H]23)cc1OC. The molecular weight excluding hydrogens is 372 g/mol. The molecule has 2 heterocycles. The summed E-state index contributed by atoms with van der Waals surface area (Å²) < 4.78 is 10.5. The second-order valence-corrected chi connectivity index (χ2v) is 6.47. The number of rotatable bonds is 4. The third-order valence-corrected chi connectivity index (χ3v) is 4.83. The summed E-state index contributed by atoms with van der Waals surface area (Å²) in [6, 6.07) is 11.6. The first kappa shape index (κ1) is 17.4. The van der Waals surface area contributed by atoms with Gasteiger partial charge in [-0.25, -0.2) is 4.90 Å². The number of fused-ring (bicyclic) bond motifs is 1. The van der Waals surface area contributed by atoms with Crippen molar-refractivity contribution in [1.82, 2.24) is 0 Å². The highest BCUT2D eigenvalue weighted by Gasteiger charge is 2.56. The van der Waals surface area contributed by atoms with Gasteiger partial charge in [-0.3, -0.25) is 9.59 Å². The fourth-order valence-electron chi connectivity index (χ4n) is 3.26.